The molecule has 1 aliphatic rings. The van der Waals surface area contributed by atoms with Crippen LogP contribution < -0.4 is 16.4 Å². The standard InChI is InChI=1S/C27H24F3N5O2/c28-27(29,30)20-7-10-21(11-8-20)33-26(37)34-22-9-6-19-14-24(18-4-2-17(16-32)3-5-18)35(13-1-12-31)25(36)23(19)15-22/h2-11,15,24H,1,12-14,31H2,(H2,33,34,37). The van der Waals surface area contributed by atoms with E-state index < -0.39 is 17.8 Å². The van der Waals surface area contributed by atoms with Crippen molar-refractivity contribution in [3.05, 3.63) is 94.5 Å². The molecule has 0 fully saturated rings. The molecule has 0 radical (unpaired) electrons. The maximum absolute atomic E-state index is 13.5. The van der Waals surface area contributed by atoms with Crippen molar-refractivity contribution in [2.45, 2.75) is 25.1 Å². The Labute approximate surface area is 211 Å². The van der Waals surface area contributed by atoms with E-state index in [0.29, 0.717) is 42.7 Å². The zero-order valence-corrected chi connectivity index (χ0v) is 19.7. The Morgan fingerprint density at radius 1 is 1.03 bits per heavy atom. The molecule has 0 aliphatic carbocycles. The number of halogens is 3. The van der Waals surface area contributed by atoms with Gasteiger partial charge in [0, 0.05) is 23.5 Å². The lowest BCUT2D eigenvalue weighted by Crippen LogP contribution is -2.41. The summed E-state index contributed by atoms with van der Waals surface area (Å²) in [6, 6.07) is 17.5. The predicted molar refractivity (Wildman–Crippen MR) is 133 cm³/mol. The fourth-order valence-electron chi connectivity index (χ4n) is 4.28. The van der Waals surface area contributed by atoms with E-state index in [1.807, 2.05) is 12.1 Å². The predicted octanol–water partition coefficient (Wildman–Crippen LogP) is 5.31. The summed E-state index contributed by atoms with van der Waals surface area (Å²) in [5.74, 6) is -0.198. The van der Waals surface area contributed by atoms with Crippen LogP contribution in [-0.2, 0) is 12.6 Å². The van der Waals surface area contributed by atoms with E-state index in [-0.39, 0.29) is 17.6 Å². The number of benzene rings is 3. The molecule has 7 nitrogen and oxygen atoms in total. The fraction of sp³-hybridized carbons (Fsp3) is 0.222. The second-order valence-electron chi connectivity index (χ2n) is 8.62. The first-order chi connectivity index (χ1) is 17.7. The van der Waals surface area contributed by atoms with Crippen LogP contribution in [0.15, 0.2) is 66.7 Å². The molecule has 0 saturated carbocycles. The van der Waals surface area contributed by atoms with Gasteiger partial charge in [0.25, 0.3) is 5.91 Å². The summed E-state index contributed by atoms with van der Waals surface area (Å²) < 4.78 is 38.2. The number of nitrogens with zero attached hydrogens (tertiary/aromatic N) is 2. The molecule has 190 valence electrons. The summed E-state index contributed by atoms with van der Waals surface area (Å²) in [5.41, 5.74) is 8.15. The van der Waals surface area contributed by atoms with Crippen LogP contribution in [0, 0.1) is 11.3 Å². The fourth-order valence-corrected chi connectivity index (χ4v) is 4.28. The van der Waals surface area contributed by atoms with Gasteiger partial charge in [-0.15, -0.1) is 0 Å². The number of nitriles is 1. The van der Waals surface area contributed by atoms with E-state index in [4.69, 9.17) is 11.0 Å². The number of rotatable bonds is 6. The van der Waals surface area contributed by atoms with Gasteiger partial charge in [0.1, 0.15) is 0 Å². The smallest absolute Gasteiger partial charge is 0.331 e. The van der Waals surface area contributed by atoms with Gasteiger partial charge >= 0.3 is 12.2 Å². The third-order valence-electron chi connectivity index (χ3n) is 6.15. The third kappa shape index (κ3) is 5.90. The van der Waals surface area contributed by atoms with Crippen LogP contribution in [0.1, 0.15) is 45.1 Å². The number of carbonyl (C=O) groups is 2. The summed E-state index contributed by atoms with van der Waals surface area (Å²) in [7, 11) is 0. The highest BCUT2D eigenvalue weighted by Crippen LogP contribution is 2.35. The van der Waals surface area contributed by atoms with Gasteiger partial charge in [0.2, 0.25) is 0 Å². The van der Waals surface area contributed by atoms with Crippen molar-refractivity contribution < 1.29 is 22.8 Å². The molecule has 4 rings (SSSR count). The van der Waals surface area contributed by atoms with Gasteiger partial charge in [-0.2, -0.15) is 18.4 Å². The maximum atomic E-state index is 13.5. The number of nitrogens with one attached hydrogen (secondary N) is 2. The molecule has 1 unspecified atom stereocenters. The first kappa shape index (κ1) is 25.7. The molecule has 1 aliphatic heterocycles. The minimum atomic E-state index is -4.46. The number of urea groups is 1. The molecule has 3 amide bonds. The normalized spacial score (nSPS) is 15.1. The van der Waals surface area contributed by atoms with E-state index in [2.05, 4.69) is 16.7 Å². The maximum Gasteiger partial charge on any atom is 0.416 e. The average Bonchev–Trinajstić information content (AvgIpc) is 2.88. The molecule has 0 bridgehead atoms. The largest absolute Gasteiger partial charge is 0.416 e. The average molecular weight is 508 g/mol. The van der Waals surface area contributed by atoms with Crippen molar-refractivity contribution in [2.75, 3.05) is 23.7 Å². The highest BCUT2D eigenvalue weighted by atomic mass is 19.4. The lowest BCUT2D eigenvalue weighted by molar-refractivity contribution is -0.137. The van der Waals surface area contributed by atoms with Crippen molar-refractivity contribution in [1.29, 1.82) is 5.26 Å². The summed E-state index contributed by atoms with van der Waals surface area (Å²) in [5, 5.41) is 14.2. The zero-order valence-electron chi connectivity index (χ0n) is 19.7. The Kier molecular flexibility index (Phi) is 7.45. The molecule has 0 aromatic heterocycles. The molecule has 1 atom stereocenters. The van der Waals surface area contributed by atoms with Gasteiger partial charge < -0.3 is 21.3 Å². The molecule has 3 aromatic rings. The lowest BCUT2D eigenvalue weighted by atomic mass is 9.88. The first-order valence-corrected chi connectivity index (χ1v) is 11.6. The monoisotopic (exact) mass is 507 g/mol. The Hall–Kier alpha value is -4.36. The van der Waals surface area contributed by atoms with E-state index in [0.717, 1.165) is 35.4 Å². The van der Waals surface area contributed by atoms with Crippen LogP contribution in [0.25, 0.3) is 0 Å². The summed E-state index contributed by atoms with van der Waals surface area (Å²) in [4.78, 5) is 27.7. The summed E-state index contributed by atoms with van der Waals surface area (Å²) in [6.45, 7) is 0.869. The SMILES string of the molecule is N#Cc1ccc(C2Cc3ccc(NC(=O)Nc4ccc(C(F)(F)F)cc4)cc3C(=O)N2CCCN)cc1. The highest BCUT2D eigenvalue weighted by molar-refractivity contribution is 6.02. The van der Waals surface area contributed by atoms with E-state index in [1.165, 1.54) is 0 Å². The van der Waals surface area contributed by atoms with Crippen molar-refractivity contribution in [3.63, 3.8) is 0 Å². The molecule has 0 saturated heterocycles. The Bertz CT molecular complexity index is 1330. The van der Waals surface area contributed by atoms with Gasteiger partial charge in [-0.1, -0.05) is 18.2 Å². The molecular weight excluding hydrogens is 483 g/mol. The number of carbonyl (C=O) groups excluding carboxylic acids is 2. The Morgan fingerprint density at radius 2 is 1.68 bits per heavy atom. The molecule has 1 heterocycles. The van der Waals surface area contributed by atoms with Crippen LogP contribution in [0.5, 0.6) is 0 Å². The van der Waals surface area contributed by atoms with E-state index in [9.17, 15) is 22.8 Å². The van der Waals surface area contributed by atoms with Crippen LogP contribution in [0.4, 0.5) is 29.3 Å². The molecular formula is C27H24F3N5O2. The van der Waals surface area contributed by atoms with Gasteiger partial charge in [-0.05, 0) is 79.0 Å². The van der Waals surface area contributed by atoms with Crippen molar-refractivity contribution in [1.82, 2.24) is 4.90 Å². The lowest BCUT2D eigenvalue weighted by Gasteiger charge is -2.37. The number of alkyl halides is 3. The molecule has 37 heavy (non-hydrogen) atoms. The van der Waals surface area contributed by atoms with Gasteiger partial charge in [0.05, 0.1) is 23.2 Å². The van der Waals surface area contributed by atoms with Crippen molar-refractivity contribution in [3.8, 4) is 6.07 Å². The van der Waals surface area contributed by atoms with E-state index in [1.54, 1.807) is 35.2 Å². The number of hydrogen-bond acceptors (Lipinski definition) is 4. The molecule has 0 spiro atoms. The number of fused-ring (bicyclic) bond motifs is 1. The van der Waals surface area contributed by atoms with Crippen molar-refractivity contribution in [2.24, 2.45) is 5.73 Å². The number of hydrogen-bond donors (Lipinski definition) is 3. The van der Waals surface area contributed by atoms with Gasteiger partial charge in [0.15, 0.2) is 0 Å². The van der Waals surface area contributed by atoms with Crippen LogP contribution in [-0.4, -0.2) is 29.9 Å². The first-order valence-electron chi connectivity index (χ1n) is 11.6. The van der Waals surface area contributed by atoms with Crippen molar-refractivity contribution >= 4 is 23.3 Å². The summed E-state index contributed by atoms with van der Waals surface area (Å²) in [6.07, 6.45) is -3.30. The quantitative estimate of drug-likeness (QED) is 0.420. The second kappa shape index (κ2) is 10.7. The Morgan fingerprint density at radius 3 is 2.30 bits per heavy atom. The van der Waals surface area contributed by atoms with Gasteiger partial charge in [-0.3, -0.25) is 4.79 Å². The highest BCUT2D eigenvalue weighted by Gasteiger charge is 2.33. The third-order valence-corrected chi connectivity index (χ3v) is 6.15. The minimum absolute atomic E-state index is 0.192. The molecule has 4 N–H and O–H groups in total. The number of anilines is 2. The van der Waals surface area contributed by atoms with Crippen LogP contribution in [0.3, 0.4) is 0 Å². The van der Waals surface area contributed by atoms with E-state index >= 15 is 0 Å². The zero-order chi connectivity index (χ0) is 26.6. The van der Waals surface area contributed by atoms with Crippen LogP contribution >= 0.6 is 0 Å². The minimum Gasteiger partial charge on any atom is -0.331 e. The Balaban J connectivity index is 1.52. The van der Waals surface area contributed by atoms with Gasteiger partial charge in [-0.25, -0.2) is 4.79 Å². The van der Waals surface area contributed by atoms with Crippen LogP contribution in [0.2, 0.25) is 0 Å². The molecule has 10 heteroatoms. The summed E-state index contributed by atoms with van der Waals surface area (Å²) >= 11 is 0. The second-order valence-corrected chi connectivity index (χ2v) is 8.62. The topological polar surface area (TPSA) is 111 Å². The number of nitrogens with two attached hydrogens (primary N) is 1. The molecule has 3 aromatic carbocycles. The number of amides is 3.